The van der Waals surface area contributed by atoms with Gasteiger partial charge in [0.25, 0.3) is 0 Å². The summed E-state index contributed by atoms with van der Waals surface area (Å²) in [4.78, 5) is 2.00. The van der Waals surface area contributed by atoms with E-state index in [0.717, 1.165) is 25.9 Å². The van der Waals surface area contributed by atoms with Gasteiger partial charge in [-0.05, 0) is 52.7 Å². The molecule has 0 spiro atoms. The third kappa shape index (κ3) is 4.84. The molecule has 17 heavy (non-hydrogen) atoms. The lowest BCUT2D eigenvalue weighted by Crippen LogP contribution is -2.45. The van der Waals surface area contributed by atoms with Gasteiger partial charge in [0.05, 0.1) is 5.92 Å². The summed E-state index contributed by atoms with van der Waals surface area (Å²) in [5.74, 6) is -1.12. The number of hydrogen-bond acceptors (Lipinski definition) is 2. The Morgan fingerprint density at radius 2 is 2.12 bits per heavy atom. The Labute approximate surface area is 102 Å². The molecular weight excluding hydrogens is 229 g/mol. The van der Waals surface area contributed by atoms with Crippen LogP contribution in [0.2, 0.25) is 0 Å². The van der Waals surface area contributed by atoms with Crippen LogP contribution in [0.5, 0.6) is 0 Å². The molecule has 1 saturated heterocycles. The largest absolute Gasteiger partial charge is 0.393 e. The average molecular weight is 252 g/mol. The topological polar surface area (TPSA) is 15.3 Å². The van der Waals surface area contributed by atoms with Crippen LogP contribution in [-0.4, -0.2) is 43.8 Å². The Morgan fingerprint density at radius 3 is 2.71 bits per heavy atom. The predicted molar refractivity (Wildman–Crippen MR) is 63.0 cm³/mol. The van der Waals surface area contributed by atoms with Crippen molar-refractivity contribution < 1.29 is 13.2 Å². The van der Waals surface area contributed by atoms with Crippen molar-refractivity contribution in [1.29, 1.82) is 0 Å². The van der Waals surface area contributed by atoms with Gasteiger partial charge < -0.3 is 10.2 Å². The van der Waals surface area contributed by atoms with Crippen molar-refractivity contribution in [3.63, 3.8) is 0 Å². The van der Waals surface area contributed by atoms with Crippen LogP contribution in [0, 0.1) is 5.92 Å². The quantitative estimate of drug-likeness (QED) is 0.757. The fraction of sp³-hybridized carbons (Fsp3) is 1.00. The minimum absolute atomic E-state index is 0.185. The van der Waals surface area contributed by atoms with Gasteiger partial charge in [0.2, 0.25) is 0 Å². The Hall–Kier alpha value is -0.290. The second-order valence-corrected chi connectivity index (χ2v) is 4.97. The molecule has 2 atom stereocenters. The molecular formula is C12H23F3N2. The summed E-state index contributed by atoms with van der Waals surface area (Å²) in [6.45, 7) is 3.97. The number of piperidine rings is 1. The number of alkyl halides is 3. The van der Waals surface area contributed by atoms with E-state index in [1.165, 1.54) is 0 Å². The second kappa shape index (κ2) is 6.59. The smallest absolute Gasteiger partial charge is 0.320 e. The van der Waals surface area contributed by atoms with Crippen molar-refractivity contribution in [3.8, 4) is 0 Å². The van der Waals surface area contributed by atoms with Crippen LogP contribution in [0.4, 0.5) is 13.2 Å². The van der Waals surface area contributed by atoms with Crippen molar-refractivity contribution in [2.24, 2.45) is 5.92 Å². The zero-order valence-corrected chi connectivity index (χ0v) is 10.7. The molecule has 0 saturated carbocycles. The lowest BCUT2D eigenvalue weighted by molar-refractivity contribution is -0.188. The van der Waals surface area contributed by atoms with E-state index in [4.69, 9.17) is 0 Å². The Kier molecular flexibility index (Phi) is 5.73. The molecule has 0 aromatic heterocycles. The number of rotatable bonds is 5. The minimum Gasteiger partial charge on any atom is -0.320 e. The fourth-order valence-electron chi connectivity index (χ4n) is 2.43. The van der Waals surface area contributed by atoms with E-state index in [1.54, 1.807) is 0 Å². The summed E-state index contributed by atoms with van der Waals surface area (Å²) < 4.78 is 37.9. The Bertz CT molecular complexity index is 218. The Balaban J connectivity index is 2.38. The molecule has 1 rings (SSSR count). The van der Waals surface area contributed by atoms with Crippen molar-refractivity contribution in [2.45, 2.75) is 44.8 Å². The molecule has 1 aliphatic heterocycles. The van der Waals surface area contributed by atoms with E-state index < -0.39 is 12.1 Å². The molecule has 2 nitrogen and oxygen atoms in total. The van der Waals surface area contributed by atoms with E-state index in [1.807, 2.05) is 18.9 Å². The highest BCUT2D eigenvalue weighted by Gasteiger charge is 2.42. The molecule has 2 unspecified atom stereocenters. The van der Waals surface area contributed by atoms with Crippen LogP contribution >= 0.6 is 0 Å². The summed E-state index contributed by atoms with van der Waals surface area (Å²) in [5.41, 5.74) is 0. The van der Waals surface area contributed by atoms with E-state index >= 15 is 0 Å². The highest BCUT2D eigenvalue weighted by Crippen LogP contribution is 2.33. The molecule has 0 aromatic rings. The number of nitrogens with zero attached hydrogens (tertiary/aromatic N) is 1. The van der Waals surface area contributed by atoms with Gasteiger partial charge in [-0.25, -0.2) is 0 Å². The van der Waals surface area contributed by atoms with Crippen LogP contribution in [0.1, 0.15) is 32.6 Å². The van der Waals surface area contributed by atoms with Crippen LogP contribution in [-0.2, 0) is 0 Å². The normalized spacial score (nSPS) is 24.9. The van der Waals surface area contributed by atoms with Crippen LogP contribution < -0.4 is 5.32 Å². The predicted octanol–water partition coefficient (Wildman–Crippen LogP) is 2.65. The van der Waals surface area contributed by atoms with Crippen LogP contribution in [0.15, 0.2) is 0 Å². The first-order valence-electron chi connectivity index (χ1n) is 6.40. The van der Waals surface area contributed by atoms with Crippen LogP contribution in [0.25, 0.3) is 0 Å². The molecule has 1 fully saturated rings. The lowest BCUT2D eigenvalue weighted by atomic mass is 9.95. The molecule has 0 aliphatic carbocycles. The Morgan fingerprint density at radius 1 is 1.41 bits per heavy atom. The molecule has 0 radical (unpaired) electrons. The van der Waals surface area contributed by atoms with Gasteiger partial charge in [-0.2, -0.15) is 13.2 Å². The summed E-state index contributed by atoms with van der Waals surface area (Å²) in [6, 6.07) is 0.258. The first-order chi connectivity index (χ1) is 7.95. The third-order valence-electron chi connectivity index (χ3n) is 3.59. The number of likely N-dealkylation sites (tertiary alicyclic amines) is 1. The molecule has 1 heterocycles. The van der Waals surface area contributed by atoms with Gasteiger partial charge in [0, 0.05) is 12.6 Å². The van der Waals surface area contributed by atoms with Crippen molar-refractivity contribution in [3.05, 3.63) is 0 Å². The van der Waals surface area contributed by atoms with Gasteiger partial charge in [0.1, 0.15) is 0 Å². The first kappa shape index (κ1) is 14.8. The van der Waals surface area contributed by atoms with Crippen molar-refractivity contribution in [1.82, 2.24) is 10.2 Å². The summed E-state index contributed by atoms with van der Waals surface area (Å²) in [6.07, 6.45) is -1.08. The molecule has 1 N–H and O–H groups in total. The zero-order chi connectivity index (χ0) is 12.9. The molecule has 0 amide bonds. The maximum Gasteiger partial charge on any atom is 0.393 e. The van der Waals surface area contributed by atoms with E-state index in [0.29, 0.717) is 12.8 Å². The number of hydrogen-bond donors (Lipinski definition) is 1. The molecule has 0 aromatic carbocycles. The fourth-order valence-corrected chi connectivity index (χ4v) is 2.43. The van der Waals surface area contributed by atoms with Crippen molar-refractivity contribution in [2.75, 3.05) is 26.7 Å². The molecule has 102 valence electrons. The van der Waals surface area contributed by atoms with Gasteiger partial charge in [-0.15, -0.1) is 0 Å². The van der Waals surface area contributed by atoms with Gasteiger partial charge >= 0.3 is 6.18 Å². The van der Waals surface area contributed by atoms with Gasteiger partial charge in [0.15, 0.2) is 0 Å². The monoisotopic (exact) mass is 252 g/mol. The van der Waals surface area contributed by atoms with Crippen molar-refractivity contribution >= 4 is 0 Å². The minimum atomic E-state index is -4.02. The molecule has 0 bridgehead atoms. The first-order valence-corrected chi connectivity index (χ1v) is 6.40. The maximum atomic E-state index is 12.6. The highest BCUT2D eigenvalue weighted by atomic mass is 19.4. The molecule has 5 heteroatoms. The molecule has 1 aliphatic rings. The average Bonchev–Trinajstić information content (AvgIpc) is 2.28. The van der Waals surface area contributed by atoms with Crippen LogP contribution in [0.3, 0.4) is 0 Å². The third-order valence-corrected chi connectivity index (χ3v) is 3.59. The number of nitrogens with one attached hydrogen (secondary N) is 1. The van der Waals surface area contributed by atoms with E-state index in [-0.39, 0.29) is 12.6 Å². The second-order valence-electron chi connectivity index (χ2n) is 4.97. The summed E-state index contributed by atoms with van der Waals surface area (Å²) in [7, 11) is 1.89. The maximum absolute atomic E-state index is 12.6. The SMILES string of the molecule is CNCCCC(C)N1CCCC(C(F)(F)F)C1. The summed E-state index contributed by atoms with van der Waals surface area (Å²) >= 11 is 0. The zero-order valence-electron chi connectivity index (χ0n) is 10.7. The standard InChI is InChI=1S/C12H23F3N2/c1-10(5-3-7-16-2)17-8-4-6-11(9-17)12(13,14)15/h10-11,16H,3-9H2,1-2H3. The van der Waals surface area contributed by atoms with E-state index in [9.17, 15) is 13.2 Å². The van der Waals surface area contributed by atoms with Gasteiger partial charge in [-0.1, -0.05) is 0 Å². The number of halogens is 3. The van der Waals surface area contributed by atoms with Gasteiger partial charge in [-0.3, -0.25) is 0 Å². The highest BCUT2D eigenvalue weighted by molar-refractivity contribution is 4.80. The lowest BCUT2D eigenvalue weighted by Gasteiger charge is -2.37. The summed E-state index contributed by atoms with van der Waals surface area (Å²) in [5, 5.41) is 3.06. The van der Waals surface area contributed by atoms with E-state index in [2.05, 4.69) is 5.32 Å².